The molecule has 0 fully saturated rings. The molecule has 1 heterocycles. The SMILES string of the molecule is COc1cccc(CC(Br)c2csc3c(Br)cccc23)c1. The fraction of sp³-hybridized carbons (Fsp3) is 0.176. The number of hydrogen-bond donors (Lipinski definition) is 0. The predicted molar refractivity (Wildman–Crippen MR) is 97.9 cm³/mol. The Labute approximate surface area is 145 Å². The Kier molecular flexibility index (Phi) is 4.67. The number of hydrogen-bond acceptors (Lipinski definition) is 2. The molecule has 1 nitrogen and oxygen atoms in total. The van der Waals surface area contributed by atoms with Crippen molar-refractivity contribution in [3.63, 3.8) is 0 Å². The van der Waals surface area contributed by atoms with Gasteiger partial charge in [-0.3, -0.25) is 0 Å². The average Bonchev–Trinajstić information content (AvgIpc) is 2.93. The summed E-state index contributed by atoms with van der Waals surface area (Å²) in [4.78, 5) is 0.299. The molecular formula is C17H14Br2OS. The number of rotatable bonds is 4. The average molecular weight is 426 g/mol. The summed E-state index contributed by atoms with van der Waals surface area (Å²) in [5, 5.41) is 3.56. The summed E-state index contributed by atoms with van der Waals surface area (Å²) in [5.41, 5.74) is 2.62. The lowest BCUT2D eigenvalue weighted by Crippen LogP contribution is -1.95. The normalized spacial score (nSPS) is 12.5. The first-order valence-corrected chi connectivity index (χ1v) is 9.20. The van der Waals surface area contributed by atoms with Gasteiger partial charge in [-0.1, -0.05) is 40.2 Å². The second kappa shape index (κ2) is 6.51. The molecule has 1 unspecified atom stereocenters. The minimum atomic E-state index is 0.299. The molecule has 0 aliphatic heterocycles. The van der Waals surface area contributed by atoms with Crippen molar-refractivity contribution in [2.45, 2.75) is 11.2 Å². The largest absolute Gasteiger partial charge is 0.497 e. The molecule has 108 valence electrons. The highest BCUT2D eigenvalue weighted by atomic mass is 79.9. The molecule has 0 amide bonds. The Morgan fingerprint density at radius 1 is 1.19 bits per heavy atom. The summed E-state index contributed by atoms with van der Waals surface area (Å²) >= 11 is 9.25. The molecule has 3 rings (SSSR count). The zero-order valence-electron chi connectivity index (χ0n) is 11.5. The first-order chi connectivity index (χ1) is 10.2. The summed E-state index contributed by atoms with van der Waals surface area (Å²) in [5.74, 6) is 0.908. The lowest BCUT2D eigenvalue weighted by Gasteiger charge is -2.10. The first kappa shape index (κ1) is 15.1. The van der Waals surface area contributed by atoms with Crippen LogP contribution in [0.3, 0.4) is 0 Å². The van der Waals surface area contributed by atoms with E-state index < -0.39 is 0 Å². The van der Waals surface area contributed by atoms with Gasteiger partial charge in [0.2, 0.25) is 0 Å². The van der Waals surface area contributed by atoms with Crippen molar-refractivity contribution >= 4 is 53.3 Å². The van der Waals surface area contributed by atoms with Crippen LogP contribution in [0.15, 0.2) is 52.3 Å². The van der Waals surface area contributed by atoms with E-state index in [9.17, 15) is 0 Å². The summed E-state index contributed by atoms with van der Waals surface area (Å²) in [6.45, 7) is 0. The summed E-state index contributed by atoms with van der Waals surface area (Å²) in [6.07, 6.45) is 0.940. The number of alkyl halides is 1. The van der Waals surface area contributed by atoms with Crippen LogP contribution in [-0.4, -0.2) is 7.11 Å². The van der Waals surface area contributed by atoms with E-state index in [1.54, 1.807) is 18.4 Å². The maximum absolute atomic E-state index is 5.29. The van der Waals surface area contributed by atoms with Crippen LogP contribution in [0.5, 0.6) is 5.75 Å². The second-order valence-corrected chi connectivity index (χ2v) is 7.67. The van der Waals surface area contributed by atoms with E-state index in [0.29, 0.717) is 4.83 Å². The van der Waals surface area contributed by atoms with Crippen molar-refractivity contribution in [2.24, 2.45) is 0 Å². The highest BCUT2D eigenvalue weighted by Gasteiger charge is 2.15. The predicted octanol–water partition coefficient (Wildman–Crippen LogP) is 6.35. The third-order valence-electron chi connectivity index (χ3n) is 3.47. The second-order valence-electron chi connectivity index (χ2n) is 4.83. The van der Waals surface area contributed by atoms with Gasteiger partial charge in [-0.15, -0.1) is 11.3 Å². The maximum atomic E-state index is 5.29. The molecule has 3 aromatic rings. The van der Waals surface area contributed by atoms with Gasteiger partial charge in [0, 0.05) is 14.0 Å². The molecule has 4 heteroatoms. The minimum absolute atomic E-state index is 0.299. The Balaban J connectivity index is 1.90. The van der Waals surface area contributed by atoms with Gasteiger partial charge in [-0.25, -0.2) is 0 Å². The molecule has 0 saturated heterocycles. The van der Waals surface area contributed by atoms with E-state index >= 15 is 0 Å². The van der Waals surface area contributed by atoms with E-state index in [1.807, 2.05) is 12.1 Å². The molecule has 1 aromatic heterocycles. The van der Waals surface area contributed by atoms with Crippen LogP contribution < -0.4 is 4.74 Å². The van der Waals surface area contributed by atoms with E-state index in [0.717, 1.165) is 16.6 Å². The van der Waals surface area contributed by atoms with Crippen LogP contribution in [0.2, 0.25) is 0 Å². The van der Waals surface area contributed by atoms with Crippen LogP contribution in [0.4, 0.5) is 0 Å². The van der Waals surface area contributed by atoms with Gasteiger partial charge in [0.1, 0.15) is 5.75 Å². The van der Waals surface area contributed by atoms with Crippen LogP contribution in [-0.2, 0) is 6.42 Å². The fourth-order valence-corrected chi connectivity index (χ4v) is 5.00. The van der Waals surface area contributed by atoms with E-state index in [2.05, 4.69) is 67.6 Å². The third kappa shape index (κ3) is 3.17. The molecule has 2 aromatic carbocycles. The van der Waals surface area contributed by atoms with Gasteiger partial charge in [-0.05, 0) is 62.4 Å². The van der Waals surface area contributed by atoms with Gasteiger partial charge in [0.05, 0.1) is 7.11 Å². The van der Waals surface area contributed by atoms with Gasteiger partial charge < -0.3 is 4.74 Å². The molecule has 0 spiro atoms. The summed E-state index contributed by atoms with van der Waals surface area (Å²) < 4.78 is 7.77. The lowest BCUT2D eigenvalue weighted by atomic mass is 10.0. The molecule has 0 bridgehead atoms. The van der Waals surface area contributed by atoms with Crippen LogP contribution in [0.1, 0.15) is 16.0 Å². The Bertz CT molecular complexity index is 766. The third-order valence-corrected chi connectivity index (χ3v) is 6.26. The molecule has 0 radical (unpaired) electrons. The molecule has 0 aliphatic rings. The highest BCUT2D eigenvalue weighted by Crippen LogP contribution is 2.39. The zero-order chi connectivity index (χ0) is 14.8. The summed E-state index contributed by atoms with van der Waals surface area (Å²) in [6, 6.07) is 14.6. The maximum Gasteiger partial charge on any atom is 0.119 e. The highest BCUT2D eigenvalue weighted by molar-refractivity contribution is 9.10. The quantitative estimate of drug-likeness (QED) is 0.442. The van der Waals surface area contributed by atoms with Crippen molar-refractivity contribution in [3.05, 3.63) is 63.4 Å². The number of fused-ring (bicyclic) bond motifs is 1. The fourth-order valence-electron chi connectivity index (χ4n) is 2.40. The summed E-state index contributed by atoms with van der Waals surface area (Å²) in [7, 11) is 1.70. The van der Waals surface area contributed by atoms with Gasteiger partial charge in [0.15, 0.2) is 0 Å². The van der Waals surface area contributed by atoms with Crippen LogP contribution >= 0.6 is 43.2 Å². The molecule has 0 N–H and O–H groups in total. The molecular weight excluding hydrogens is 412 g/mol. The number of halogens is 2. The first-order valence-electron chi connectivity index (χ1n) is 6.61. The topological polar surface area (TPSA) is 9.23 Å². The Morgan fingerprint density at radius 2 is 2.00 bits per heavy atom. The van der Waals surface area contributed by atoms with E-state index in [4.69, 9.17) is 4.74 Å². The minimum Gasteiger partial charge on any atom is -0.497 e. The van der Waals surface area contributed by atoms with E-state index in [1.165, 1.54) is 21.2 Å². The van der Waals surface area contributed by atoms with Gasteiger partial charge in [-0.2, -0.15) is 0 Å². The molecule has 21 heavy (non-hydrogen) atoms. The van der Waals surface area contributed by atoms with Gasteiger partial charge >= 0.3 is 0 Å². The number of methoxy groups -OCH3 is 1. The van der Waals surface area contributed by atoms with Crippen molar-refractivity contribution in [1.82, 2.24) is 0 Å². The van der Waals surface area contributed by atoms with Gasteiger partial charge in [0.25, 0.3) is 0 Å². The monoisotopic (exact) mass is 424 g/mol. The number of benzene rings is 2. The Hall–Kier alpha value is -0.840. The van der Waals surface area contributed by atoms with Crippen molar-refractivity contribution in [1.29, 1.82) is 0 Å². The van der Waals surface area contributed by atoms with Crippen LogP contribution in [0, 0.1) is 0 Å². The van der Waals surface area contributed by atoms with Crippen LogP contribution in [0.25, 0.3) is 10.1 Å². The standard InChI is InChI=1S/C17H14Br2OS/c1-20-12-5-2-4-11(8-12)9-16(19)14-10-21-17-13(14)6-3-7-15(17)18/h2-8,10,16H,9H2,1H3. The smallest absolute Gasteiger partial charge is 0.119 e. The van der Waals surface area contributed by atoms with Crippen molar-refractivity contribution in [3.8, 4) is 5.75 Å². The molecule has 1 atom stereocenters. The lowest BCUT2D eigenvalue weighted by molar-refractivity contribution is 0.414. The zero-order valence-corrected chi connectivity index (χ0v) is 15.5. The van der Waals surface area contributed by atoms with Crippen molar-refractivity contribution in [2.75, 3.05) is 7.11 Å². The molecule has 0 saturated carbocycles. The molecule has 0 aliphatic carbocycles. The number of thiophene rings is 1. The van der Waals surface area contributed by atoms with E-state index in [-0.39, 0.29) is 0 Å². The number of ether oxygens (including phenoxy) is 1. The van der Waals surface area contributed by atoms with Crippen molar-refractivity contribution < 1.29 is 4.74 Å². The Morgan fingerprint density at radius 3 is 2.81 bits per heavy atom.